The van der Waals surface area contributed by atoms with E-state index in [2.05, 4.69) is 10.3 Å². The molecule has 4 amide bonds. The second-order valence-corrected chi connectivity index (χ2v) is 11.8. The lowest BCUT2D eigenvalue weighted by atomic mass is 9.99. The Kier molecular flexibility index (Phi) is 7.56. The summed E-state index contributed by atoms with van der Waals surface area (Å²) in [6, 6.07) is 12.7. The number of nitrogens with one attached hydrogen (secondary N) is 1. The van der Waals surface area contributed by atoms with Crippen molar-refractivity contribution in [2.75, 3.05) is 44.9 Å². The molecule has 0 saturated carbocycles. The number of anilines is 2. The Morgan fingerprint density at radius 3 is 2.55 bits per heavy atom. The number of aromatic nitrogens is 1. The molecule has 0 bridgehead atoms. The Labute approximate surface area is 238 Å². The Balaban J connectivity index is 1.52. The van der Waals surface area contributed by atoms with Crippen molar-refractivity contribution in [1.82, 2.24) is 30.1 Å². The van der Waals surface area contributed by atoms with Crippen LogP contribution in [0.4, 0.5) is 15.6 Å². The van der Waals surface area contributed by atoms with Gasteiger partial charge in [-0.05, 0) is 43.2 Å². The van der Waals surface area contributed by atoms with Gasteiger partial charge in [0.1, 0.15) is 12.2 Å². The molecule has 1 aromatic heterocycles. The summed E-state index contributed by atoms with van der Waals surface area (Å²) in [5.74, 6) is -0.295. The number of piperazine rings is 1. The maximum absolute atomic E-state index is 14.1. The molecule has 0 unspecified atom stereocenters. The van der Waals surface area contributed by atoms with Crippen LogP contribution >= 0.6 is 11.3 Å². The van der Waals surface area contributed by atoms with Gasteiger partial charge in [-0.3, -0.25) is 14.6 Å². The van der Waals surface area contributed by atoms with Crippen molar-refractivity contribution >= 4 is 50.2 Å². The van der Waals surface area contributed by atoms with Crippen LogP contribution < -0.4 is 16.0 Å². The number of urea groups is 1. The number of benzene rings is 2. The molecule has 2 aliphatic rings. The molecule has 3 N–H and O–H groups in total. The standard InChI is InChI=1S/C28H36N8O3S/c1-17(2)36(28(39)30-3)34-16-24(37)35-21(13-18-9-11-20(12-10-18)32(4)5)26(38)33(15-23(34)35)14-19-7-6-8-22-25(19)31-27(29)40-22/h6-12,17,21,23H,13-16H2,1-5H3,(H2,29,31)(H,30,39)/t21-,23+/m0/s1. The molecule has 0 aliphatic carbocycles. The van der Waals surface area contributed by atoms with Crippen LogP contribution in [0.25, 0.3) is 10.2 Å². The number of carbonyl (C=O) groups is 3. The lowest BCUT2D eigenvalue weighted by Crippen LogP contribution is -2.66. The minimum Gasteiger partial charge on any atom is -0.378 e. The van der Waals surface area contributed by atoms with Gasteiger partial charge >= 0.3 is 6.03 Å². The fourth-order valence-electron chi connectivity index (χ4n) is 5.64. The third-order valence-corrected chi connectivity index (χ3v) is 8.37. The number of rotatable bonds is 7. The van der Waals surface area contributed by atoms with E-state index >= 15 is 0 Å². The van der Waals surface area contributed by atoms with Gasteiger partial charge in [0.25, 0.3) is 0 Å². The third kappa shape index (κ3) is 5.04. The number of hydrogen-bond donors (Lipinski definition) is 2. The van der Waals surface area contributed by atoms with Crippen LogP contribution in [0.15, 0.2) is 42.5 Å². The number of nitrogen functional groups attached to an aromatic ring is 1. The Hall–Kier alpha value is -3.90. The minimum absolute atomic E-state index is 0.0195. The Morgan fingerprint density at radius 1 is 1.18 bits per heavy atom. The molecule has 212 valence electrons. The summed E-state index contributed by atoms with van der Waals surface area (Å²) in [4.78, 5) is 50.5. The predicted octanol–water partition coefficient (Wildman–Crippen LogP) is 2.33. The normalized spacial score (nSPS) is 19.4. The van der Waals surface area contributed by atoms with Gasteiger partial charge in [-0.1, -0.05) is 35.6 Å². The second-order valence-electron chi connectivity index (χ2n) is 10.7. The van der Waals surface area contributed by atoms with Crippen molar-refractivity contribution in [3.63, 3.8) is 0 Å². The fourth-order valence-corrected chi connectivity index (χ4v) is 6.42. The number of nitrogens with two attached hydrogens (primary N) is 1. The van der Waals surface area contributed by atoms with Crippen molar-refractivity contribution in [2.24, 2.45) is 0 Å². The number of carbonyl (C=O) groups excluding carboxylic acids is 3. The van der Waals surface area contributed by atoms with Gasteiger partial charge in [-0.25, -0.2) is 9.78 Å². The van der Waals surface area contributed by atoms with Crippen molar-refractivity contribution < 1.29 is 14.4 Å². The van der Waals surface area contributed by atoms with Crippen molar-refractivity contribution in [1.29, 1.82) is 0 Å². The molecule has 2 fully saturated rings. The molecule has 11 nitrogen and oxygen atoms in total. The molecule has 3 aromatic rings. The van der Waals surface area contributed by atoms with Gasteiger partial charge in [0.2, 0.25) is 11.8 Å². The minimum atomic E-state index is -0.708. The SMILES string of the molecule is CNC(=O)N(C(C)C)N1CC(=O)N2[C@@H](Cc3ccc(N(C)C)cc3)C(=O)N(Cc3cccc4sc(N)nc34)C[C@@H]21. The molecular formula is C28H36N8O3S. The van der Waals surface area contributed by atoms with Crippen LogP contribution in [0, 0.1) is 0 Å². The van der Waals surface area contributed by atoms with E-state index < -0.39 is 12.2 Å². The molecule has 5 rings (SSSR count). The number of hydrazine groups is 1. The van der Waals surface area contributed by atoms with Crippen molar-refractivity contribution in [2.45, 2.75) is 45.1 Å². The molecule has 2 saturated heterocycles. The third-order valence-electron chi connectivity index (χ3n) is 7.52. The smallest absolute Gasteiger partial charge is 0.331 e. The van der Waals surface area contributed by atoms with Crippen molar-refractivity contribution in [3.05, 3.63) is 53.6 Å². The van der Waals surface area contributed by atoms with Gasteiger partial charge in [0, 0.05) is 45.8 Å². The van der Waals surface area contributed by atoms with Crippen LogP contribution in [0.2, 0.25) is 0 Å². The molecule has 2 aromatic carbocycles. The summed E-state index contributed by atoms with van der Waals surface area (Å²) in [7, 11) is 5.52. The van der Waals surface area contributed by atoms with Gasteiger partial charge in [0.05, 0.1) is 23.3 Å². The Morgan fingerprint density at radius 2 is 1.90 bits per heavy atom. The monoisotopic (exact) mass is 564 g/mol. The number of thiazole rings is 1. The molecule has 12 heteroatoms. The first kappa shape index (κ1) is 27.7. The van der Waals surface area contributed by atoms with Gasteiger partial charge in [0.15, 0.2) is 5.13 Å². The largest absolute Gasteiger partial charge is 0.378 e. The first-order chi connectivity index (χ1) is 19.1. The summed E-state index contributed by atoms with van der Waals surface area (Å²) in [5.41, 5.74) is 9.68. The quantitative estimate of drug-likeness (QED) is 0.452. The van der Waals surface area contributed by atoms with Crippen LogP contribution in [-0.4, -0.2) is 95.1 Å². The highest BCUT2D eigenvalue weighted by Crippen LogP contribution is 2.33. The van der Waals surface area contributed by atoms with Gasteiger partial charge < -0.3 is 25.8 Å². The van der Waals surface area contributed by atoms with Gasteiger partial charge in [-0.15, -0.1) is 0 Å². The predicted molar refractivity (Wildman–Crippen MR) is 156 cm³/mol. The van der Waals surface area contributed by atoms with E-state index in [-0.39, 0.29) is 37.0 Å². The second kappa shape index (κ2) is 10.9. The van der Waals surface area contributed by atoms with Crippen LogP contribution in [0.5, 0.6) is 0 Å². The van der Waals surface area contributed by atoms with Crippen molar-refractivity contribution in [3.8, 4) is 0 Å². The average molecular weight is 565 g/mol. The molecule has 2 atom stereocenters. The topological polar surface area (TPSA) is 118 Å². The summed E-state index contributed by atoms with van der Waals surface area (Å²) in [6.07, 6.45) is -0.120. The molecule has 2 aliphatic heterocycles. The van der Waals surface area contributed by atoms with Crippen LogP contribution in [0.1, 0.15) is 25.0 Å². The van der Waals surface area contributed by atoms with E-state index in [0.717, 1.165) is 27.0 Å². The zero-order valence-corrected chi connectivity index (χ0v) is 24.3. The first-order valence-corrected chi connectivity index (χ1v) is 14.2. The van der Waals surface area contributed by atoms with E-state index in [1.54, 1.807) is 26.9 Å². The zero-order valence-electron chi connectivity index (χ0n) is 23.5. The molecular weight excluding hydrogens is 528 g/mol. The summed E-state index contributed by atoms with van der Waals surface area (Å²) >= 11 is 1.41. The summed E-state index contributed by atoms with van der Waals surface area (Å²) in [5, 5.41) is 6.55. The van der Waals surface area contributed by atoms with E-state index in [0.29, 0.717) is 18.1 Å². The van der Waals surface area contributed by atoms with Crippen LogP contribution in [0.3, 0.4) is 0 Å². The van der Waals surface area contributed by atoms with Gasteiger partial charge in [-0.2, -0.15) is 5.01 Å². The maximum atomic E-state index is 14.1. The number of nitrogens with zero attached hydrogens (tertiary/aromatic N) is 6. The highest BCUT2D eigenvalue weighted by molar-refractivity contribution is 7.22. The molecule has 40 heavy (non-hydrogen) atoms. The lowest BCUT2D eigenvalue weighted by Gasteiger charge is -2.47. The number of hydrogen-bond acceptors (Lipinski definition) is 8. The number of amides is 4. The average Bonchev–Trinajstić information content (AvgIpc) is 3.45. The van der Waals surface area contributed by atoms with E-state index in [9.17, 15) is 14.4 Å². The highest BCUT2D eigenvalue weighted by atomic mass is 32.1. The van der Waals surface area contributed by atoms with Crippen LogP contribution in [-0.2, 0) is 22.6 Å². The summed E-state index contributed by atoms with van der Waals surface area (Å²) < 4.78 is 0.960. The maximum Gasteiger partial charge on any atom is 0.331 e. The molecule has 0 radical (unpaired) electrons. The van der Waals surface area contributed by atoms with E-state index in [4.69, 9.17) is 5.73 Å². The fraction of sp³-hybridized carbons (Fsp3) is 0.429. The summed E-state index contributed by atoms with van der Waals surface area (Å²) in [6.45, 7) is 4.42. The lowest BCUT2D eigenvalue weighted by molar-refractivity contribution is -0.158. The van der Waals surface area contributed by atoms with E-state index in [1.807, 2.05) is 75.3 Å². The van der Waals surface area contributed by atoms with E-state index in [1.165, 1.54) is 11.3 Å². The first-order valence-electron chi connectivity index (χ1n) is 13.4. The number of para-hydroxylation sites is 1. The number of fused-ring (bicyclic) bond motifs is 2. The molecule has 0 spiro atoms. The zero-order chi connectivity index (χ0) is 28.7. The highest BCUT2D eigenvalue weighted by Gasteiger charge is 2.52. The molecule has 3 heterocycles. The Bertz CT molecular complexity index is 1420.